The summed E-state index contributed by atoms with van der Waals surface area (Å²) in [6.45, 7) is 3.65. The fourth-order valence-electron chi connectivity index (χ4n) is 3.10. The van der Waals surface area contributed by atoms with E-state index in [2.05, 4.69) is 20.8 Å². The Labute approximate surface area is 202 Å². The average molecular weight is 496 g/mol. The molecule has 0 aliphatic carbocycles. The molecule has 1 heterocycles. The van der Waals surface area contributed by atoms with Crippen molar-refractivity contribution in [3.8, 4) is 0 Å². The van der Waals surface area contributed by atoms with E-state index in [9.17, 15) is 24.3 Å². The molecule has 0 spiro atoms. The van der Waals surface area contributed by atoms with Gasteiger partial charge in [-0.05, 0) is 20.4 Å². The smallest absolute Gasteiger partial charge is 0.305 e. The lowest BCUT2D eigenvalue weighted by molar-refractivity contribution is -0.140. The number of aliphatic carboxylic acids is 1. The molecule has 2 atom stereocenters. The van der Waals surface area contributed by atoms with Crippen LogP contribution in [0, 0.1) is 5.41 Å². The van der Waals surface area contributed by atoms with Crippen molar-refractivity contribution in [1.82, 2.24) is 19.8 Å². The van der Waals surface area contributed by atoms with Crippen molar-refractivity contribution >= 4 is 34.9 Å². The Balaban J connectivity index is 3.07. The molecule has 0 bridgehead atoms. The van der Waals surface area contributed by atoms with E-state index in [0.717, 1.165) is 4.57 Å². The van der Waals surface area contributed by atoms with Gasteiger partial charge in [0.05, 0.1) is 37.9 Å². The molecule has 14 nitrogen and oxygen atoms in total. The summed E-state index contributed by atoms with van der Waals surface area (Å²) in [7, 11) is 3.19. The van der Waals surface area contributed by atoms with Crippen LogP contribution >= 0.6 is 0 Å². The van der Waals surface area contributed by atoms with Gasteiger partial charge in [0.15, 0.2) is 11.6 Å². The van der Waals surface area contributed by atoms with Gasteiger partial charge in [0.2, 0.25) is 5.91 Å². The number of ketones is 1. The number of ether oxygens (including phenoxy) is 1. The second-order valence-corrected chi connectivity index (χ2v) is 7.79. The molecule has 0 aliphatic rings. The van der Waals surface area contributed by atoms with E-state index >= 15 is 0 Å². The minimum absolute atomic E-state index is 0.00289. The van der Waals surface area contributed by atoms with E-state index in [4.69, 9.17) is 15.4 Å². The van der Waals surface area contributed by atoms with Gasteiger partial charge in [0.1, 0.15) is 11.8 Å². The lowest BCUT2D eigenvalue weighted by atomic mass is 10.1. The van der Waals surface area contributed by atoms with Crippen LogP contribution in [0.25, 0.3) is 0 Å². The number of methoxy groups -OCH3 is 1. The molecular weight excluding hydrogens is 462 g/mol. The van der Waals surface area contributed by atoms with Gasteiger partial charge in [-0.1, -0.05) is 12.1 Å². The molecule has 0 saturated carbocycles. The number of carbonyl (C=O) groups excluding carboxylic acids is 2. The van der Waals surface area contributed by atoms with Crippen molar-refractivity contribution in [2.24, 2.45) is 5.16 Å². The molecule has 1 aromatic heterocycles. The monoisotopic (exact) mass is 495 g/mol. The Hall–Kier alpha value is -3.65. The quantitative estimate of drug-likeness (QED) is 0.114. The third-order valence-electron chi connectivity index (χ3n) is 5.06. The second kappa shape index (κ2) is 14.6. The van der Waals surface area contributed by atoms with E-state index in [1.807, 2.05) is 0 Å². The molecule has 0 fully saturated rings. The first-order chi connectivity index (χ1) is 16.5. The molecule has 1 aromatic rings. The number of Topliss-reactive ketones (excluding diaryl/α,β-unsaturated/α-hetero) is 1. The Morgan fingerprint density at radius 1 is 1.37 bits per heavy atom. The lowest BCUT2D eigenvalue weighted by Crippen LogP contribution is -2.49. The zero-order chi connectivity index (χ0) is 26.5. The maximum Gasteiger partial charge on any atom is 0.305 e. The zero-order valence-corrected chi connectivity index (χ0v) is 20.3. The first-order valence-electron chi connectivity index (χ1n) is 10.8. The summed E-state index contributed by atoms with van der Waals surface area (Å²) in [4.78, 5) is 55.5. The molecule has 194 valence electrons. The highest BCUT2D eigenvalue weighted by Crippen LogP contribution is 2.11. The van der Waals surface area contributed by atoms with Gasteiger partial charge in [-0.2, -0.15) is 0 Å². The number of carbonyl (C=O) groups is 3. The summed E-state index contributed by atoms with van der Waals surface area (Å²) in [5.74, 6) is -2.58. The molecule has 0 radical (unpaired) electrons. The summed E-state index contributed by atoms with van der Waals surface area (Å²) in [6.07, 6.45) is 2.15. The van der Waals surface area contributed by atoms with Gasteiger partial charge in [-0.15, -0.1) is 0 Å². The van der Waals surface area contributed by atoms with Crippen LogP contribution in [0.4, 0.5) is 5.82 Å². The number of anilines is 1. The Kier molecular flexibility index (Phi) is 12.2. The number of amides is 1. The number of nitrogens with zero attached hydrogens (tertiary/aromatic N) is 4. The van der Waals surface area contributed by atoms with Gasteiger partial charge >= 0.3 is 5.97 Å². The second-order valence-electron chi connectivity index (χ2n) is 7.79. The van der Waals surface area contributed by atoms with Crippen LogP contribution in [0.15, 0.2) is 22.3 Å². The topological polar surface area (TPSA) is 199 Å². The number of carboxylic acids is 1. The fraction of sp³-hybridized carbons (Fsp3) is 0.571. The van der Waals surface area contributed by atoms with Gasteiger partial charge in [-0.25, -0.2) is 4.98 Å². The molecule has 1 amide bonds. The largest absolute Gasteiger partial charge is 0.481 e. The van der Waals surface area contributed by atoms with E-state index in [0.29, 0.717) is 13.2 Å². The van der Waals surface area contributed by atoms with Crippen LogP contribution in [0.3, 0.4) is 0 Å². The maximum atomic E-state index is 13.0. The fourth-order valence-corrected chi connectivity index (χ4v) is 3.10. The third-order valence-corrected chi connectivity index (χ3v) is 5.06. The molecule has 0 aromatic carbocycles. The summed E-state index contributed by atoms with van der Waals surface area (Å²) in [6, 6.07) is -2.33. The maximum absolute atomic E-state index is 13.0. The first-order valence-corrected chi connectivity index (χ1v) is 10.8. The number of nitrogens with one attached hydrogen (secondary N) is 3. The molecule has 5 N–H and O–H groups in total. The van der Waals surface area contributed by atoms with E-state index in [1.165, 1.54) is 26.4 Å². The molecule has 1 rings (SSSR count). The summed E-state index contributed by atoms with van der Waals surface area (Å²) < 4.78 is 6.07. The SMILES string of the molecule is CCC(C(=O)NC(CC(=O)O)C(=O)CN(C)CCOC)n1ccnc(NC/C(=N/O)C(C)=N)c1=O. The molecule has 2 unspecified atom stereocenters. The zero-order valence-electron chi connectivity index (χ0n) is 20.3. The minimum atomic E-state index is -1.28. The number of hydrogen-bond acceptors (Lipinski definition) is 11. The van der Waals surface area contributed by atoms with E-state index in [1.54, 1.807) is 18.9 Å². The van der Waals surface area contributed by atoms with Crippen LogP contribution in [-0.4, -0.2) is 100 Å². The van der Waals surface area contributed by atoms with Crippen LogP contribution in [0.5, 0.6) is 0 Å². The Bertz CT molecular complexity index is 992. The van der Waals surface area contributed by atoms with Crippen LogP contribution < -0.4 is 16.2 Å². The number of aromatic nitrogens is 2. The number of hydrogen-bond donors (Lipinski definition) is 5. The highest BCUT2D eigenvalue weighted by molar-refractivity contribution is 6.41. The van der Waals surface area contributed by atoms with Gasteiger partial charge < -0.3 is 31.1 Å². The van der Waals surface area contributed by atoms with Crippen molar-refractivity contribution in [2.45, 2.75) is 38.8 Å². The number of oxime groups is 1. The van der Waals surface area contributed by atoms with Crippen molar-refractivity contribution in [3.63, 3.8) is 0 Å². The Morgan fingerprint density at radius 2 is 2.06 bits per heavy atom. The highest BCUT2D eigenvalue weighted by Gasteiger charge is 2.29. The number of likely N-dealkylation sites (N-methyl/N-ethyl adjacent to an activating group) is 1. The third kappa shape index (κ3) is 9.25. The predicted molar refractivity (Wildman–Crippen MR) is 128 cm³/mol. The Morgan fingerprint density at radius 3 is 2.60 bits per heavy atom. The van der Waals surface area contributed by atoms with Crippen LogP contribution in [-0.2, 0) is 19.1 Å². The molecule has 0 aliphatic heterocycles. The van der Waals surface area contributed by atoms with E-state index in [-0.39, 0.29) is 36.8 Å². The molecule has 0 saturated heterocycles. The van der Waals surface area contributed by atoms with Crippen molar-refractivity contribution in [1.29, 1.82) is 5.41 Å². The normalized spacial score (nSPS) is 13.2. The molecule has 14 heteroatoms. The van der Waals surface area contributed by atoms with Crippen molar-refractivity contribution in [3.05, 3.63) is 22.7 Å². The van der Waals surface area contributed by atoms with Gasteiger partial charge in [-0.3, -0.25) is 28.6 Å². The standard InChI is InChI=1S/C21H33N7O7/c1-5-16(28-7-6-23-19(21(28)33)24-11-15(26-34)13(2)22)20(32)25-14(10-18(30)31)17(29)12-27(3)8-9-35-4/h6-7,14,16,22,34H,5,8-12H2,1-4H3,(H,23,24)(H,25,32)(H,30,31)/b22-13?,26-15-. The summed E-state index contributed by atoms with van der Waals surface area (Å²) in [5, 5.41) is 33.8. The van der Waals surface area contributed by atoms with Crippen molar-refractivity contribution < 1.29 is 29.4 Å². The highest BCUT2D eigenvalue weighted by atomic mass is 16.5. The van der Waals surface area contributed by atoms with Crippen LogP contribution in [0.2, 0.25) is 0 Å². The molecular formula is C21H33N7O7. The van der Waals surface area contributed by atoms with E-state index < -0.39 is 41.7 Å². The van der Waals surface area contributed by atoms with Crippen molar-refractivity contribution in [2.75, 3.05) is 45.7 Å². The predicted octanol–water partition coefficient (Wildman–Crippen LogP) is -0.417. The van der Waals surface area contributed by atoms with Crippen LogP contribution in [0.1, 0.15) is 32.7 Å². The lowest BCUT2D eigenvalue weighted by Gasteiger charge is -2.24. The minimum Gasteiger partial charge on any atom is -0.481 e. The molecule has 35 heavy (non-hydrogen) atoms. The number of carboxylic acid groups (broad SMARTS) is 1. The average Bonchev–Trinajstić information content (AvgIpc) is 2.79. The first kappa shape index (κ1) is 29.4. The summed E-state index contributed by atoms with van der Waals surface area (Å²) >= 11 is 0. The summed E-state index contributed by atoms with van der Waals surface area (Å²) in [5.41, 5.74) is -0.671. The van der Waals surface area contributed by atoms with Gasteiger partial charge in [0.25, 0.3) is 5.56 Å². The van der Waals surface area contributed by atoms with Gasteiger partial charge in [0, 0.05) is 26.0 Å². The number of rotatable bonds is 16.